The van der Waals surface area contributed by atoms with Crippen LogP contribution in [0.2, 0.25) is 5.15 Å². The standard InChI is InChI=1S/C14H20ClN3/c15-14-6-5-13(16-17-14)10-18-8-7-11-3-1-2-4-12(11)9-18/h5-6,11-12H,1-4,7-10H2. The Bertz CT molecular complexity index is 393. The van der Waals surface area contributed by atoms with Crippen molar-refractivity contribution in [2.45, 2.75) is 38.6 Å². The zero-order valence-electron chi connectivity index (χ0n) is 10.7. The second-order valence-electron chi connectivity index (χ2n) is 5.68. The van der Waals surface area contributed by atoms with Crippen LogP contribution in [0.3, 0.4) is 0 Å². The molecule has 2 unspecified atom stereocenters. The van der Waals surface area contributed by atoms with Crippen LogP contribution in [0.25, 0.3) is 0 Å². The molecule has 2 aliphatic rings. The minimum absolute atomic E-state index is 0.477. The predicted molar refractivity (Wildman–Crippen MR) is 72.4 cm³/mol. The molecule has 1 aromatic rings. The van der Waals surface area contributed by atoms with Crippen LogP contribution in [0.1, 0.15) is 37.8 Å². The molecule has 1 aliphatic carbocycles. The summed E-state index contributed by atoms with van der Waals surface area (Å²) in [5.41, 5.74) is 1.04. The van der Waals surface area contributed by atoms with Gasteiger partial charge in [-0.3, -0.25) is 4.90 Å². The number of fused-ring (bicyclic) bond motifs is 1. The molecule has 0 aromatic carbocycles. The van der Waals surface area contributed by atoms with Crippen molar-refractivity contribution in [1.82, 2.24) is 15.1 Å². The van der Waals surface area contributed by atoms with E-state index in [4.69, 9.17) is 11.6 Å². The second kappa shape index (κ2) is 5.54. The second-order valence-corrected chi connectivity index (χ2v) is 6.06. The maximum atomic E-state index is 5.76. The van der Waals surface area contributed by atoms with E-state index in [1.807, 2.05) is 12.1 Å². The van der Waals surface area contributed by atoms with Crippen LogP contribution >= 0.6 is 11.6 Å². The third-order valence-electron chi connectivity index (χ3n) is 4.45. The summed E-state index contributed by atoms with van der Waals surface area (Å²) >= 11 is 5.76. The van der Waals surface area contributed by atoms with Gasteiger partial charge >= 0.3 is 0 Å². The highest BCUT2D eigenvalue weighted by molar-refractivity contribution is 6.29. The first-order valence-electron chi connectivity index (χ1n) is 7.02. The molecule has 1 saturated carbocycles. The molecule has 4 heteroatoms. The van der Waals surface area contributed by atoms with E-state index in [1.54, 1.807) is 0 Å². The van der Waals surface area contributed by atoms with Gasteiger partial charge in [0, 0.05) is 13.1 Å². The van der Waals surface area contributed by atoms with E-state index >= 15 is 0 Å². The normalized spacial score (nSPS) is 28.9. The van der Waals surface area contributed by atoms with E-state index in [9.17, 15) is 0 Å². The number of hydrogen-bond acceptors (Lipinski definition) is 3. The van der Waals surface area contributed by atoms with Crippen LogP contribution in [0.5, 0.6) is 0 Å². The van der Waals surface area contributed by atoms with Crippen LogP contribution in [-0.4, -0.2) is 28.2 Å². The van der Waals surface area contributed by atoms with E-state index < -0.39 is 0 Å². The summed E-state index contributed by atoms with van der Waals surface area (Å²) in [5, 5.41) is 8.54. The lowest BCUT2D eigenvalue weighted by atomic mass is 9.75. The predicted octanol–water partition coefficient (Wildman–Crippen LogP) is 3.14. The Labute approximate surface area is 114 Å². The van der Waals surface area contributed by atoms with Gasteiger partial charge in [0.15, 0.2) is 5.15 Å². The molecule has 0 N–H and O–H groups in total. The quantitative estimate of drug-likeness (QED) is 0.823. The molecule has 3 rings (SSSR count). The summed E-state index contributed by atoms with van der Waals surface area (Å²) in [6.07, 6.45) is 7.12. The van der Waals surface area contributed by atoms with Crippen molar-refractivity contribution >= 4 is 11.6 Å². The number of aromatic nitrogens is 2. The zero-order chi connectivity index (χ0) is 12.4. The number of halogens is 1. The molecule has 2 heterocycles. The van der Waals surface area contributed by atoms with Gasteiger partial charge in [-0.15, -0.1) is 5.10 Å². The summed E-state index contributed by atoms with van der Waals surface area (Å²) in [5.74, 6) is 1.92. The number of nitrogens with zero attached hydrogens (tertiary/aromatic N) is 3. The first kappa shape index (κ1) is 12.4. The van der Waals surface area contributed by atoms with Gasteiger partial charge in [0.1, 0.15) is 0 Å². The van der Waals surface area contributed by atoms with Crippen LogP contribution < -0.4 is 0 Å². The summed E-state index contributed by atoms with van der Waals surface area (Å²) in [7, 11) is 0. The molecule has 1 saturated heterocycles. The molecule has 3 nitrogen and oxygen atoms in total. The Morgan fingerprint density at radius 2 is 1.94 bits per heavy atom. The Balaban J connectivity index is 1.59. The van der Waals surface area contributed by atoms with E-state index in [0.29, 0.717) is 5.15 Å². The lowest BCUT2D eigenvalue weighted by molar-refractivity contribution is 0.0810. The fraction of sp³-hybridized carbons (Fsp3) is 0.714. The van der Waals surface area contributed by atoms with Gasteiger partial charge in [-0.25, -0.2) is 0 Å². The monoisotopic (exact) mass is 265 g/mol. The van der Waals surface area contributed by atoms with Crippen molar-refractivity contribution in [2.24, 2.45) is 11.8 Å². The zero-order valence-corrected chi connectivity index (χ0v) is 11.4. The lowest BCUT2D eigenvalue weighted by Crippen LogP contribution is -2.41. The molecule has 0 bridgehead atoms. The minimum Gasteiger partial charge on any atom is -0.297 e. The van der Waals surface area contributed by atoms with Crippen LogP contribution in [0.4, 0.5) is 0 Å². The van der Waals surface area contributed by atoms with Crippen molar-refractivity contribution in [3.8, 4) is 0 Å². The highest BCUT2D eigenvalue weighted by atomic mass is 35.5. The van der Waals surface area contributed by atoms with Crippen molar-refractivity contribution in [3.63, 3.8) is 0 Å². The highest BCUT2D eigenvalue weighted by Crippen LogP contribution is 2.36. The van der Waals surface area contributed by atoms with Gasteiger partial charge < -0.3 is 0 Å². The average molecular weight is 266 g/mol. The van der Waals surface area contributed by atoms with Crippen molar-refractivity contribution < 1.29 is 0 Å². The number of piperidine rings is 1. The first-order chi connectivity index (χ1) is 8.81. The largest absolute Gasteiger partial charge is 0.297 e. The molecular formula is C14H20ClN3. The molecule has 18 heavy (non-hydrogen) atoms. The maximum Gasteiger partial charge on any atom is 0.151 e. The van der Waals surface area contributed by atoms with Crippen LogP contribution in [0, 0.1) is 11.8 Å². The third kappa shape index (κ3) is 2.83. The Hall–Kier alpha value is -0.670. The number of rotatable bonds is 2. The van der Waals surface area contributed by atoms with Crippen LogP contribution in [-0.2, 0) is 6.54 Å². The Morgan fingerprint density at radius 1 is 1.11 bits per heavy atom. The molecule has 98 valence electrons. The van der Waals surface area contributed by atoms with Crippen molar-refractivity contribution in [1.29, 1.82) is 0 Å². The van der Waals surface area contributed by atoms with Gasteiger partial charge in [0.05, 0.1) is 5.69 Å². The van der Waals surface area contributed by atoms with Gasteiger partial charge in [0.2, 0.25) is 0 Å². The summed E-state index contributed by atoms with van der Waals surface area (Å²) < 4.78 is 0. The SMILES string of the molecule is Clc1ccc(CN2CCC3CCCCC3C2)nn1. The maximum absolute atomic E-state index is 5.76. The molecule has 1 aliphatic heterocycles. The molecular weight excluding hydrogens is 246 g/mol. The highest BCUT2D eigenvalue weighted by Gasteiger charge is 2.30. The minimum atomic E-state index is 0.477. The fourth-order valence-corrected chi connectivity index (χ4v) is 3.58. The van der Waals surface area contributed by atoms with Gasteiger partial charge in [-0.05, 0) is 43.4 Å². The molecule has 2 atom stereocenters. The average Bonchev–Trinajstić information content (AvgIpc) is 2.41. The smallest absolute Gasteiger partial charge is 0.151 e. The molecule has 2 fully saturated rings. The lowest BCUT2D eigenvalue weighted by Gasteiger charge is -2.41. The number of likely N-dealkylation sites (tertiary alicyclic amines) is 1. The summed E-state index contributed by atoms with van der Waals surface area (Å²) in [6, 6.07) is 3.82. The Morgan fingerprint density at radius 3 is 2.72 bits per heavy atom. The first-order valence-corrected chi connectivity index (χ1v) is 7.39. The van der Waals surface area contributed by atoms with Crippen molar-refractivity contribution in [2.75, 3.05) is 13.1 Å². The third-order valence-corrected chi connectivity index (χ3v) is 4.65. The number of hydrogen-bond donors (Lipinski definition) is 0. The van der Waals surface area contributed by atoms with Crippen molar-refractivity contribution in [3.05, 3.63) is 23.0 Å². The van der Waals surface area contributed by atoms with Gasteiger partial charge in [-0.1, -0.05) is 30.9 Å². The topological polar surface area (TPSA) is 29.0 Å². The fourth-order valence-electron chi connectivity index (χ4n) is 3.48. The van der Waals surface area contributed by atoms with Crippen LogP contribution in [0.15, 0.2) is 12.1 Å². The molecule has 0 amide bonds. The summed E-state index contributed by atoms with van der Waals surface area (Å²) in [4.78, 5) is 2.53. The van der Waals surface area contributed by atoms with Gasteiger partial charge in [-0.2, -0.15) is 5.10 Å². The molecule has 0 spiro atoms. The summed E-state index contributed by atoms with van der Waals surface area (Å²) in [6.45, 7) is 3.38. The van der Waals surface area contributed by atoms with Gasteiger partial charge in [0.25, 0.3) is 0 Å². The van der Waals surface area contributed by atoms with E-state index in [-0.39, 0.29) is 0 Å². The van der Waals surface area contributed by atoms with E-state index in [0.717, 1.165) is 24.1 Å². The Kier molecular flexibility index (Phi) is 3.80. The van der Waals surface area contributed by atoms with E-state index in [1.165, 1.54) is 45.2 Å². The molecule has 0 radical (unpaired) electrons. The molecule has 1 aromatic heterocycles. The van der Waals surface area contributed by atoms with E-state index in [2.05, 4.69) is 15.1 Å².